The van der Waals surface area contributed by atoms with E-state index in [4.69, 9.17) is 0 Å². The van der Waals surface area contributed by atoms with Gasteiger partial charge < -0.3 is 0 Å². The Morgan fingerprint density at radius 3 is 0.972 bits per heavy atom. The first-order chi connectivity index (χ1) is 17.2. The van der Waals surface area contributed by atoms with E-state index in [1.807, 2.05) is 0 Å². The highest BCUT2D eigenvalue weighted by atomic mass is 14.3. The van der Waals surface area contributed by atoms with Crippen LogP contribution < -0.4 is 20.9 Å². The number of hydrogen-bond acceptors (Lipinski definition) is 0. The fraction of sp³-hybridized carbons (Fsp3) is 0.222. The number of fused-ring (bicyclic) bond motifs is 3. The van der Waals surface area contributed by atoms with E-state index < -0.39 is 0 Å². The summed E-state index contributed by atoms with van der Waals surface area (Å²) in [7, 11) is 0. The number of aryl methyl sites for hydroxylation is 8. The van der Waals surface area contributed by atoms with E-state index in [2.05, 4.69) is 116 Å². The van der Waals surface area contributed by atoms with Crippen molar-refractivity contribution in [2.75, 3.05) is 0 Å². The number of hydrogen-bond donors (Lipinski definition) is 0. The molecule has 0 N–H and O–H groups in total. The minimum absolute atomic E-state index is 1.31. The molecule has 0 aliphatic heterocycles. The van der Waals surface area contributed by atoms with Gasteiger partial charge in [0.1, 0.15) is 0 Å². The lowest BCUT2D eigenvalue weighted by Gasteiger charge is -2.18. The highest BCUT2D eigenvalue weighted by Gasteiger charge is 2.32. The fourth-order valence-corrected chi connectivity index (χ4v) is 6.89. The average Bonchev–Trinajstić information content (AvgIpc) is 3.25. The van der Waals surface area contributed by atoms with E-state index in [9.17, 15) is 0 Å². The molecular weight excluding hydrogens is 432 g/mol. The van der Waals surface area contributed by atoms with Crippen molar-refractivity contribution >= 4 is 22.3 Å². The van der Waals surface area contributed by atoms with Gasteiger partial charge in [-0.25, -0.2) is 0 Å². The molecule has 6 rings (SSSR count). The van der Waals surface area contributed by atoms with Crippen molar-refractivity contribution in [1.29, 1.82) is 0 Å². The summed E-state index contributed by atoms with van der Waals surface area (Å²) < 4.78 is 0. The Hall–Kier alpha value is -3.64. The van der Waals surface area contributed by atoms with Crippen LogP contribution in [-0.4, -0.2) is 0 Å². The van der Waals surface area contributed by atoms with Crippen molar-refractivity contribution < 1.29 is 0 Å². The molecule has 0 amide bonds. The summed E-state index contributed by atoms with van der Waals surface area (Å²) in [5.41, 5.74) is 19.1. The van der Waals surface area contributed by atoms with E-state index in [0.29, 0.717) is 0 Å². The van der Waals surface area contributed by atoms with E-state index >= 15 is 0 Å². The third-order valence-corrected chi connectivity index (χ3v) is 8.03. The van der Waals surface area contributed by atoms with Crippen molar-refractivity contribution in [2.45, 2.75) is 55.4 Å². The Morgan fingerprint density at radius 1 is 0.306 bits per heavy atom. The van der Waals surface area contributed by atoms with Crippen molar-refractivity contribution in [3.8, 4) is 0 Å². The minimum atomic E-state index is 1.31. The number of benzene rings is 4. The first kappa shape index (κ1) is 22.8. The summed E-state index contributed by atoms with van der Waals surface area (Å²) >= 11 is 0. The predicted molar refractivity (Wildman–Crippen MR) is 154 cm³/mol. The molecule has 2 aliphatic rings. The molecule has 0 saturated carbocycles. The summed E-state index contributed by atoms with van der Waals surface area (Å²) in [4.78, 5) is 0. The molecular formula is C36H34. The molecule has 0 aromatic heterocycles. The Kier molecular flexibility index (Phi) is 5.02. The quantitative estimate of drug-likeness (QED) is 0.362. The van der Waals surface area contributed by atoms with Gasteiger partial charge in [0.25, 0.3) is 0 Å². The summed E-state index contributed by atoms with van der Waals surface area (Å²) in [6.07, 6.45) is 0. The molecule has 0 heteroatoms. The standard InChI is InChI=1S/C36H34/c1-19-9-11-27-29(17-19)35(31-23(5)13-21(3)14-24(31)6)34-28-12-10-20(2)18-30(28)36(33(27)34)32-25(7)15-22(4)16-26(32)8/h9-18H,1-8H3. The average molecular weight is 467 g/mol. The third-order valence-electron chi connectivity index (χ3n) is 8.03. The van der Waals surface area contributed by atoms with Crippen LogP contribution >= 0.6 is 0 Å². The molecule has 4 aromatic rings. The Bertz CT molecular complexity index is 1700. The largest absolute Gasteiger partial charge is 0.0587 e. The van der Waals surface area contributed by atoms with Gasteiger partial charge in [-0.15, -0.1) is 0 Å². The van der Waals surface area contributed by atoms with Crippen LogP contribution in [0, 0.1) is 55.4 Å². The van der Waals surface area contributed by atoms with Gasteiger partial charge >= 0.3 is 0 Å². The van der Waals surface area contributed by atoms with Crippen LogP contribution in [0.5, 0.6) is 0 Å². The molecule has 0 atom stereocenters. The summed E-state index contributed by atoms with van der Waals surface area (Å²) in [6, 6.07) is 23.5. The second-order valence-electron chi connectivity index (χ2n) is 11.1. The fourth-order valence-electron chi connectivity index (χ4n) is 6.89. The van der Waals surface area contributed by atoms with Crippen LogP contribution in [0.2, 0.25) is 0 Å². The van der Waals surface area contributed by atoms with Gasteiger partial charge in [0, 0.05) is 0 Å². The smallest absolute Gasteiger partial charge is 0.000743 e. The second-order valence-corrected chi connectivity index (χ2v) is 11.1. The molecule has 0 saturated heterocycles. The summed E-state index contributed by atoms with van der Waals surface area (Å²) in [5, 5.41) is 5.49. The topological polar surface area (TPSA) is 0 Å². The maximum atomic E-state index is 2.40. The van der Waals surface area contributed by atoms with E-state index in [1.165, 1.54) is 98.8 Å². The first-order valence-corrected chi connectivity index (χ1v) is 13.0. The molecule has 0 bridgehead atoms. The van der Waals surface area contributed by atoms with Gasteiger partial charge in [-0.3, -0.25) is 0 Å². The maximum Gasteiger partial charge on any atom is -0.000743 e. The maximum absolute atomic E-state index is 2.40. The number of rotatable bonds is 2. The molecule has 0 spiro atoms. The molecule has 0 nitrogen and oxygen atoms in total. The van der Waals surface area contributed by atoms with Gasteiger partial charge in [-0.2, -0.15) is 0 Å². The molecule has 2 aliphatic carbocycles. The van der Waals surface area contributed by atoms with Crippen molar-refractivity contribution in [2.24, 2.45) is 0 Å². The zero-order valence-corrected chi connectivity index (χ0v) is 22.8. The lowest BCUT2D eigenvalue weighted by atomic mass is 9.85. The van der Waals surface area contributed by atoms with E-state index in [0.717, 1.165) is 0 Å². The SMILES string of the molecule is Cc1cc(C)c(C2=c3cc(C)ccc3=C3C2=c2ccc(C)cc2=C3c2c(C)cc(C)cc2C)c(C)c1. The van der Waals surface area contributed by atoms with Gasteiger partial charge in [0.05, 0.1) is 0 Å². The third kappa shape index (κ3) is 3.21. The van der Waals surface area contributed by atoms with Gasteiger partial charge in [0.2, 0.25) is 0 Å². The molecule has 178 valence electrons. The van der Waals surface area contributed by atoms with Crippen molar-refractivity contribution in [1.82, 2.24) is 0 Å². The lowest BCUT2D eigenvalue weighted by molar-refractivity contribution is 1.28. The minimum Gasteiger partial charge on any atom is -0.0587 e. The summed E-state index contributed by atoms with van der Waals surface area (Å²) in [5.74, 6) is 0. The second kappa shape index (κ2) is 7.93. The molecule has 36 heavy (non-hydrogen) atoms. The molecule has 0 radical (unpaired) electrons. The van der Waals surface area contributed by atoms with Crippen molar-refractivity contribution in [3.05, 3.63) is 137 Å². The van der Waals surface area contributed by atoms with Crippen LogP contribution in [0.3, 0.4) is 0 Å². The lowest BCUT2D eigenvalue weighted by Crippen LogP contribution is -2.29. The monoisotopic (exact) mass is 466 g/mol. The Balaban J connectivity index is 1.87. The van der Waals surface area contributed by atoms with Gasteiger partial charge in [-0.05, 0) is 132 Å². The normalized spacial score (nSPS) is 13.9. The van der Waals surface area contributed by atoms with Gasteiger partial charge in [0.15, 0.2) is 0 Å². The highest BCUT2D eigenvalue weighted by Crippen LogP contribution is 2.42. The summed E-state index contributed by atoms with van der Waals surface area (Å²) in [6.45, 7) is 17.9. The molecule has 0 heterocycles. The van der Waals surface area contributed by atoms with Crippen LogP contribution in [0.4, 0.5) is 0 Å². The van der Waals surface area contributed by atoms with E-state index in [-0.39, 0.29) is 0 Å². The van der Waals surface area contributed by atoms with Crippen molar-refractivity contribution in [3.63, 3.8) is 0 Å². The zero-order valence-electron chi connectivity index (χ0n) is 22.8. The Morgan fingerprint density at radius 2 is 0.639 bits per heavy atom. The van der Waals surface area contributed by atoms with Crippen LogP contribution in [0.15, 0.2) is 60.7 Å². The van der Waals surface area contributed by atoms with Gasteiger partial charge in [-0.1, -0.05) is 82.9 Å². The zero-order chi connectivity index (χ0) is 25.5. The predicted octanol–water partition coefficient (Wildman–Crippen LogP) is 5.58. The molecule has 0 unspecified atom stereocenters. The van der Waals surface area contributed by atoms with Crippen LogP contribution in [0.25, 0.3) is 22.3 Å². The molecule has 0 fully saturated rings. The first-order valence-electron chi connectivity index (χ1n) is 13.0. The van der Waals surface area contributed by atoms with E-state index in [1.54, 1.807) is 0 Å². The molecule has 4 aromatic carbocycles. The highest BCUT2D eigenvalue weighted by molar-refractivity contribution is 6.31. The van der Waals surface area contributed by atoms with Crippen LogP contribution in [-0.2, 0) is 0 Å². The Labute approximate surface area is 214 Å². The van der Waals surface area contributed by atoms with Crippen LogP contribution in [0.1, 0.15) is 55.6 Å².